The van der Waals surface area contributed by atoms with Crippen LogP contribution >= 0.6 is 0 Å². The van der Waals surface area contributed by atoms with Crippen LogP contribution in [0.1, 0.15) is 108 Å². The van der Waals surface area contributed by atoms with Crippen molar-refractivity contribution < 1.29 is 0 Å². The van der Waals surface area contributed by atoms with Gasteiger partial charge in [0.15, 0.2) is 0 Å². The zero-order valence-corrected chi connectivity index (χ0v) is 20.3. The number of benzene rings is 1. The molecule has 1 nitrogen and oxygen atoms in total. The number of hydrogen-bond acceptors (Lipinski definition) is 1. The Morgan fingerprint density at radius 2 is 0.926 bits per heavy atom. The lowest BCUT2D eigenvalue weighted by Crippen LogP contribution is -2.14. The molecule has 0 radical (unpaired) electrons. The first kappa shape index (κ1) is 24.4. The van der Waals surface area contributed by atoms with Crippen molar-refractivity contribution >= 4 is 10.2 Å². The number of hydrogen-bond donors (Lipinski definition) is 1. The van der Waals surface area contributed by atoms with Gasteiger partial charge in [-0.25, -0.2) is 0 Å². The minimum Gasteiger partial charge on any atom is -0.313 e. The predicted molar refractivity (Wildman–Crippen MR) is 127 cm³/mol. The molecule has 0 saturated carbocycles. The van der Waals surface area contributed by atoms with Crippen LogP contribution in [-0.4, -0.2) is 16.8 Å². The lowest BCUT2D eigenvalue weighted by molar-refractivity contribution is 0.525. The Morgan fingerprint density at radius 3 is 1.37 bits per heavy atom. The molecule has 1 N–H and O–H groups in total. The Morgan fingerprint density at radius 1 is 0.519 bits per heavy atom. The van der Waals surface area contributed by atoms with E-state index in [1.54, 1.807) is 0 Å². The van der Waals surface area contributed by atoms with Crippen LogP contribution in [0.2, 0.25) is 6.04 Å². The van der Waals surface area contributed by atoms with E-state index in [2.05, 4.69) is 35.6 Å². The molecule has 27 heavy (non-hydrogen) atoms. The molecule has 0 aromatic heterocycles. The zero-order chi connectivity index (χ0) is 19.3. The van der Waals surface area contributed by atoms with Crippen molar-refractivity contribution in [3.63, 3.8) is 0 Å². The summed E-state index contributed by atoms with van der Waals surface area (Å²) in [6.45, 7) is 2.18. The molecule has 0 aliphatic rings. The first-order valence-electron chi connectivity index (χ1n) is 12.2. The fourth-order valence-corrected chi connectivity index (χ4v) is 4.30. The number of unbranched alkanes of at least 4 members (excludes halogenated alkanes) is 15. The van der Waals surface area contributed by atoms with Crippen LogP contribution in [0.15, 0.2) is 30.3 Å². The van der Waals surface area contributed by atoms with E-state index in [-0.39, 0.29) is 0 Å². The summed E-state index contributed by atoms with van der Waals surface area (Å²) in [6.07, 6.45) is 23.4. The van der Waals surface area contributed by atoms with E-state index in [0.717, 1.165) is 13.1 Å². The van der Waals surface area contributed by atoms with Crippen LogP contribution < -0.4 is 5.32 Å². The number of rotatable bonds is 20. The molecule has 0 unspecified atom stereocenters. The Hall–Kier alpha value is -0.603. The molecule has 0 fully saturated rings. The third-order valence-corrected chi connectivity index (χ3v) is 6.34. The van der Waals surface area contributed by atoms with E-state index in [4.69, 9.17) is 0 Å². The van der Waals surface area contributed by atoms with E-state index in [1.165, 1.54) is 125 Å². The minimum absolute atomic E-state index is 1.01. The van der Waals surface area contributed by atoms with Crippen molar-refractivity contribution in [1.82, 2.24) is 5.32 Å². The van der Waals surface area contributed by atoms with E-state index in [1.807, 2.05) is 0 Å². The molecule has 0 amide bonds. The van der Waals surface area contributed by atoms with Gasteiger partial charge in [0.2, 0.25) is 0 Å². The second-order valence-corrected chi connectivity index (χ2v) is 9.32. The molecular weight excluding hydrogens is 342 g/mol. The topological polar surface area (TPSA) is 12.0 Å². The monoisotopic (exact) mass is 389 g/mol. The van der Waals surface area contributed by atoms with Crippen LogP contribution in [0.5, 0.6) is 0 Å². The maximum Gasteiger partial charge on any atom is 0.0205 e. The fourth-order valence-electron chi connectivity index (χ4n) is 3.80. The Labute approximate surface area is 173 Å². The highest BCUT2D eigenvalue weighted by molar-refractivity contribution is 6.08. The van der Waals surface area contributed by atoms with Gasteiger partial charge in [-0.3, -0.25) is 0 Å². The van der Waals surface area contributed by atoms with E-state index in [0.29, 0.717) is 0 Å². The van der Waals surface area contributed by atoms with Crippen LogP contribution in [-0.2, 0) is 6.54 Å². The molecule has 1 aromatic rings. The highest BCUT2D eigenvalue weighted by atomic mass is 28.1. The van der Waals surface area contributed by atoms with Crippen molar-refractivity contribution in [2.24, 2.45) is 0 Å². The van der Waals surface area contributed by atoms with Gasteiger partial charge in [0.05, 0.1) is 0 Å². The third kappa shape index (κ3) is 17.2. The van der Waals surface area contributed by atoms with Gasteiger partial charge >= 0.3 is 0 Å². The first-order chi connectivity index (χ1) is 13.4. The molecule has 2 heteroatoms. The van der Waals surface area contributed by atoms with Crippen LogP contribution in [0.25, 0.3) is 0 Å². The average Bonchev–Trinajstić information content (AvgIpc) is 2.70. The second kappa shape index (κ2) is 20.1. The van der Waals surface area contributed by atoms with E-state index < -0.39 is 0 Å². The summed E-state index contributed by atoms with van der Waals surface area (Å²) in [5, 5.41) is 3.56. The zero-order valence-electron chi connectivity index (χ0n) is 18.3. The molecule has 0 spiro atoms. The lowest BCUT2D eigenvalue weighted by Gasteiger charge is -2.05. The van der Waals surface area contributed by atoms with Gasteiger partial charge in [-0.05, 0) is 18.5 Å². The molecule has 0 atom stereocenters. The summed E-state index contributed by atoms with van der Waals surface area (Å²) in [4.78, 5) is 0. The first-order valence-corrected chi connectivity index (χ1v) is 13.6. The summed E-state index contributed by atoms with van der Waals surface area (Å²) >= 11 is 0. The molecule has 0 aliphatic heterocycles. The quantitative estimate of drug-likeness (QED) is 0.191. The van der Waals surface area contributed by atoms with Crippen molar-refractivity contribution in [2.75, 3.05) is 6.54 Å². The summed E-state index contributed by atoms with van der Waals surface area (Å²) < 4.78 is 0. The summed E-state index contributed by atoms with van der Waals surface area (Å²) in [5.41, 5.74) is 1.39. The predicted octanol–water partition coefficient (Wildman–Crippen LogP) is 6.80. The van der Waals surface area contributed by atoms with E-state index >= 15 is 0 Å². The average molecular weight is 390 g/mol. The van der Waals surface area contributed by atoms with Gasteiger partial charge < -0.3 is 5.32 Å². The standard InChI is InChI=1S/C25H47NSi/c27-23-19-14-12-10-8-6-4-2-1-3-5-7-9-11-13-18-22-26-24-25-20-16-15-17-21-25/h15-17,20-21,26H,1-14,18-19,22-24H2,27H3. The minimum atomic E-state index is 1.01. The van der Waals surface area contributed by atoms with Gasteiger partial charge in [0.1, 0.15) is 0 Å². The van der Waals surface area contributed by atoms with Crippen molar-refractivity contribution in [3.8, 4) is 0 Å². The third-order valence-electron chi connectivity index (χ3n) is 5.63. The Bertz CT molecular complexity index is 393. The molecule has 0 heterocycles. The lowest BCUT2D eigenvalue weighted by atomic mass is 10.0. The molecule has 1 rings (SSSR count). The van der Waals surface area contributed by atoms with Gasteiger partial charge in [-0.1, -0.05) is 133 Å². The maximum atomic E-state index is 3.56. The van der Waals surface area contributed by atoms with Gasteiger partial charge in [-0.2, -0.15) is 0 Å². The smallest absolute Gasteiger partial charge is 0.0205 e. The maximum absolute atomic E-state index is 3.56. The SMILES string of the molecule is [SiH3]CCCCCCCCCCCCCCCCCCNCc1ccccc1. The summed E-state index contributed by atoms with van der Waals surface area (Å²) in [6, 6.07) is 12.2. The number of nitrogens with one attached hydrogen (secondary N) is 1. The molecule has 156 valence electrons. The molecule has 1 aromatic carbocycles. The van der Waals surface area contributed by atoms with Crippen molar-refractivity contribution in [3.05, 3.63) is 35.9 Å². The molecular formula is C25H47NSi. The van der Waals surface area contributed by atoms with E-state index in [9.17, 15) is 0 Å². The van der Waals surface area contributed by atoms with Gasteiger partial charge in [0.25, 0.3) is 0 Å². The van der Waals surface area contributed by atoms with Crippen molar-refractivity contribution in [2.45, 2.75) is 115 Å². The highest BCUT2D eigenvalue weighted by Gasteiger charge is 1.95. The molecule has 0 aliphatic carbocycles. The Balaban J connectivity index is 1.67. The van der Waals surface area contributed by atoms with Gasteiger partial charge in [0, 0.05) is 16.8 Å². The largest absolute Gasteiger partial charge is 0.313 e. The fraction of sp³-hybridized carbons (Fsp3) is 0.760. The van der Waals surface area contributed by atoms with Crippen LogP contribution in [0.4, 0.5) is 0 Å². The second-order valence-electron chi connectivity index (χ2n) is 8.32. The highest BCUT2D eigenvalue weighted by Crippen LogP contribution is 2.13. The summed E-state index contributed by atoms with van der Waals surface area (Å²) in [7, 11) is 1.40. The summed E-state index contributed by atoms with van der Waals surface area (Å²) in [5.74, 6) is 0. The Kier molecular flexibility index (Phi) is 18.2. The van der Waals surface area contributed by atoms with Crippen LogP contribution in [0, 0.1) is 0 Å². The van der Waals surface area contributed by atoms with Gasteiger partial charge in [-0.15, -0.1) is 0 Å². The van der Waals surface area contributed by atoms with Crippen molar-refractivity contribution in [1.29, 1.82) is 0 Å². The van der Waals surface area contributed by atoms with Crippen LogP contribution in [0.3, 0.4) is 0 Å². The molecule has 0 saturated heterocycles. The molecule has 0 bridgehead atoms. The normalized spacial score (nSPS) is 11.3.